The third-order valence-corrected chi connectivity index (χ3v) is 4.88. The van der Waals surface area contributed by atoms with Gasteiger partial charge in [0.25, 0.3) is 0 Å². The molecule has 3 nitrogen and oxygen atoms in total. The summed E-state index contributed by atoms with van der Waals surface area (Å²) >= 11 is 0. The van der Waals surface area contributed by atoms with Gasteiger partial charge in [0.1, 0.15) is 5.75 Å². The van der Waals surface area contributed by atoms with E-state index in [9.17, 15) is 0 Å². The minimum atomic E-state index is 0.194. The minimum Gasteiger partial charge on any atom is -0.493 e. The van der Waals surface area contributed by atoms with Crippen LogP contribution in [-0.2, 0) is 6.42 Å². The third kappa shape index (κ3) is 3.16. The van der Waals surface area contributed by atoms with Gasteiger partial charge in [-0.15, -0.1) is 0 Å². The summed E-state index contributed by atoms with van der Waals surface area (Å²) in [6, 6.07) is 15.4. The predicted molar refractivity (Wildman–Crippen MR) is 103 cm³/mol. The van der Waals surface area contributed by atoms with Crippen molar-refractivity contribution in [2.75, 3.05) is 13.2 Å². The first kappa shape index (κ1) is 16.2. The number of hydrogen-bond acceptors (Lipinski definition) is 2. The van der Waals surface area contributed by atoms with Crippen LogP contribution in [0.5, 0.6) is 5.75 Å². The smallest absolute Gasteiger partial charge is 0.119 e. The predicted octanol–water partition coefficient (Wildman–Crippen LogP) is 4.75. The largest absolute Gasteiger partial charge is 0.493 e. The molecule has 3 heteroatoms. The zero-order chi connectivity index (χ0) is 17.4. The number of aromatic nitrogens is 1. The topological polar surface area (TPSA) is 37.0 Å². The summed E-state index contributed by atoms with van der Waals surface area (Å²) in [5.41, 5.74) is 6.55. The van der Waals surface area contributed by atoms with E-state index in [-0.39, 0.29) is 6.04 Å². The lowest BCUT2D eigenvalue weighted by Crippen LogP contribution is -2.30. The van der Waals surface area contributed by atoms with E-state index in [1.165, 1.54) is 33.3 Å². The summed E-state index contributed by atoms with van der Waals surface area (Å²) in [6.07, 6.45) is 1.07. The highest BCUT2D eigenvalue weighted by molar-refractivity contribution is 5.86. The van der Waals surface area contributed by atoms with Gasteiger partial charge >= 0.3 is 0 Å². The Morgan fingerprint density at radius 1 is 1.16 bits per heavy atom. The molecule has 1 atom stereocenters. The fourth-order valence-corrected chi connectivity index (χ4v) is 3.67. The maximum absolute atomic E-state index is 5.92. The Kier molecular flexibility index (Phi) is 4.26. The van der Waals surface area contributed by atoms with Crippen LogP contribution in [0.2, 0.25) is 0 Å². The van der Waals surface area contributed by atoms with Crippen LogP contribution < -0.4 is 10.1 Å². The molecule has 0 spiro atoms. The average Bonchev–Trinajstić information content (AvgIpc) is 2.98. The second kappa shape index (κ2) is 6.57. The minimum absolute atomic E-state index is 0.194. The van der Waals surface area contributed by atoms with Crippen LogP contribution in [0, 0.1) is 12.8 Å². The third-order valence-electron chi connectivity index (χ3n) is 4.88. The molecular formula is C22H26N2O. The van der Waals surface area contributed by atoms with Crippen molar-refractivity contribution in [3.8, 4) is 5.75 Å². The van der Waals surface area contributed by atoms with Gasteiger partial charge in [-0.2, -0.15) is 0 Å². The Bertz CT molecular complexity index is 894. The molecule has 2 heterocycles. The van der Waals surface area contributed by atoms with Gasteiger partial charge in [-0.05, 0) is 54.7 Å². The molecule has 1 unspecified atom stereocenters. The highest BCUT2D eigenvalue weighted by Crippen LogP contribution is 2.34. The lowest BCUT2D eigenvalue weighted by molar-refractivity contribution is 0.270. The van der Waals surface area contributed by atoms with Crippen LogP contribution in [0.3, 0.4) is 0 Å². The quantitative estimate of drug-likeness (QED) is 0.723. The molecule has 0 aliphatic carbocycles. The van der Waals surface area contributed by atoms with E-state index in [1.54, 1.807) is 0 Å². The molecule has 3 aromatic rings. The molecule has 1 aliphatic rings. The molecule has 0 bridgehead atoms. The molecule has 0 saturated heterocycles. The number of aryl methyl sites for hydroxylation is 1. The van der Waals surface area contributed by atoms with Gasteiger partial charge in [0.2, 0.25) is 0 Å². The van der Waals surface area contributed by atoms with Crippen molar-refractivity contribution >= 4 is 10.9 Å². The Hall–Kier alpha value is -2.26. The summed E-state index contributed by atoms with van der Waals surface area (Å²) < 4.78 is 5.92. The normalized spacial score (nSPS) is 17.0. The number of aromatic amines is 1. The summed E-state index contributed by atoms with van der Waals surface area (Å²) in [5, 5.41) is 5.04. The highest BCUT2D eigenvalue weighted by atomic mass is 16.5. The number of ether oxygens (including phenoxy) is 1. The zero-order valence-electron chi connectivity index (χ0n) is 15.2. The summed E-state index contributed by atoms with van der Waals surface area (Å²) in [6.45, 7) is 8.25. The van der Waals surface area contributed by atoms with Crippen molar-refractivity contribution in [2.24, 2.45) is 5.92 Å². The van der Waals surface area contributed by atoms with E-state index >= 15 is 0 Å². The lowest BCUT2D eigenvalue weighted by Gasteiger charge is -2.25. The maximum atomic E-state index is 5.92. The Morgan fingerprint density at radius 2 is 2.04 bits per heavy atom. The van der Waals surface area contributed by atoms with E-state index in [0.717, 1.165) is 25.3 Å². The van der Waals surface area contributed by atoms with Crippen LogP contribution in [-0.4, -0.2) is 18.1 Å². The number of hydrogen-bond donors (Lipinski definition) is 2. The van der Waals surface area contributed by atoms with Gasteiger partial charge in [-0.3, -0.25) is 0 Å². The molecule has 2 N–H and O–H groups in total. The molecule has 0 radical (unpaired) electrons. The summed E-state index contributed by atoms with van der Waals surface area (Å²) in [4.78, 5) is 3.66. The van der Waals surface area contributed by atoms with Crippen LogP contribution in [0.1, 0.15) is 42.3 Å². The van der Waals surface area contributed by atoms with Gasteiger partial charge in [-0.1, -0.05) is 37.6 Å². The Morgan fingerprint density at radius 3 is 2.88 bits per heavy atom. The fourth-order valence-electron chi connectivity index (χ4n) is 3.67. The van der Waals surface area contributed by atoms with Crippen molar-refractivity contribution in [3.63, 3.8) is 0 Å². The molecule has 1 aromatic heterocycles. The van der Waals surface area contributed by atoms with Gasteiger partial charge in [0, 0.05) is 23.1 Å². The molecule has 25 heavy (non-hydrogen) atoms. The molecule has 4 rings (SSSR count). The van der Waals surface area contributed by atoms with E-state index in [2.05, 4.69) is 67.5 Å². The van der Waals surface area contributed by atoms with Crippen LogP contribution in [0.25, 0.3) is 10.9 Å². The highest BCUT2D eigenvalue weighted by Gasteiger charge is 2.25. The molecule has 0 saturated carbocycles. The summed E-state index contributed by atoms with van der Waals surface area (Å²) in [7, 11) is 0. The number of benzene rings is 2. The second-order valence-electron chi connectivity index (χ2n) is 7.48. The van der Waals surface area contributed by atoms with E-state index in [4.69, 9.17) is 4.74 Å². The lowest BCUT2D eigenvalue weighted by atomic mass is 9.94. The molecule has 2 aromatic carbocycles. The first-order valence-corrected chi connectivity index (χ1v) is 9.19. The SMILES string of the molecule is Cc1ccc2[nH]c3c(c2c1)CCNC3c1cccc(OCC(C)C)c1. The Labute approximate surface area is 149 Å². The van der Waals surface area contributed by atoms with Gasteiger partial charge in [0.05, 0.1) is 12.6 Å². The van der Waals surface area contributed by atoms with Crippen molar-refractivity contribution in [1.82, 2.24) is 10.3 Å². The number of H-pyrrole nitrogens is 1. The number of rotatable bonds is 4. The molecule has 0 amide bonds. The molecule has 0 fully saturated rings. The summed E-state index contributed by atoms with van der Waals surface area (Å²) in [5.74, 6) is 1.48. The van der Waals surface area contributed by atoms with Crippen molar-refractivity contribution in [3.05, 3.63) is 64.8 Å². The van der Waals surface area contributed by atoms with Crippen molar-refractivity contribution in [1.29, 1.82) is 0 Å². The van der Waals surface area contributed by atoms with Gasteiger partial charge < -0.3 is 15.0 Å². The monoisotopic (exact) mass is 334 g/mol. The van der Waals surface area contributed by atoms with Crippen LogP contribution in [0.4, 0.5) is 0 Å². The fraction of sp³-hybridized carbons (Fsp3) is 0.364. The molecular weight excluding hydrogens is 308 g/mol. The first-order chi connectivity index (χ1) is 12.1. The standard InChI is InChI=1S/C22H26N2O/c1-14(2)13-25-17-6-4-5-16(12-17)21-22-18(9-10-23-21)19-11-15(3)7-8-20(19)24-22/h4-8,11-12,14,21,23-24H,9-10,13H2,1-3H3. The van der Waals surface area contributed by atoms with Gasteiger partial charge in [-0.25, -0.2) is 0 Å². The number of nitrogens with one attached hydrogen (secondary N) is 2. The van der Waals surface area contributed by atoms with E-state index in [0.29, 0.717) is 5.92 Å². The Balaban J connectivity index is 1.71. The van der Waals surface area contributed by atoms with Crippen molar-refractivity contribution in [2.45, 2.75) is 33.2 Å². The zero-order valence-corrected chi connectivity index (χ0v) is 15.2. The van der Waals surface area contributed by atoms with Crippen LogP contribution in [0.15, 0.2) is 42.5 Å². The molecule has 130 valence electrons. The van der Waals surface area contributed by atoms with Gasteiger partial charge in [0.15, 0.2) is 0 Å². The first-order valence-electron chi connectivity index (χ1n) is 9.19. The average molecular weight is 334 g/mol. The van der Waals surface area contributed by atoms with Crippen molar-refractivity contribution < 1.29 is 4.74 Å². The van der Waals surface area contributed by atoms with Crippen LogP contribution >= 0.6 is 0 Å². The second-order valence-corrected chi connectivity index (χ2v) is 7.48. The van der Waals surface area contributed by atoms with E-state index in [1.807, 2.05) is 6.07 Å². The molecule has 1 aliphatic heterocycles. The number of fused-ring (bicyclic) bond motifs is 3. The van der Waals surface area contributed by atoms with E-state index < -0.39 is 0 Å². The maximum Gasteiger partial charge on any atom is 0.119 e.